The van der Waals surface area contributed by atoms with Gasteiger partial charge >= 0.3 is 0 Å². The quantitative estimate of drug-likeness (QED) is 0.0311. The van der Waals surface area contributed by atoms with Gasteiger partial charge in [0.25, 0.3) is 0 Å². The number of nitrogens with two attached hydrogens (primary N) is 4. The zero-order valence-corrected chi connectivity index (χ0v) is 34.7. The van der Waals surface area contributed by atoms with E-state index in [2.05, 4.69) is 40.3 Å². The number of carbonyl (C=O) groups excluding carboxylic acids is 5. The number of hydrogen-bond donors (Lipinski definition) is 8. The molecule has 0 aliphatic rings. The number of rotatable bonds is 39. The van der Waals surface area contributed by atoms with Crippen LogP contribution in [0.3, 0.4) is 0 Å². The number of hydrogen-bond acceptors (Lipinski definition) is 8. The van der Waals surface area contributed by atoms with Crippen molar-refractivity contribution in [2.45, 2.75) is 198 Å². The van der Waals surface area contributed by atoms with E-state index < -0.39 is 24.0 Å². The van der Waals surface area contributed by atoms with Gasteiger partial charge in [-0.15, -0.1) is 0 Å². The molecule has 13 heteroatoms. The molecule has 0 spiro atoms. The van der Waals surface area contributed by atoms with Crippen molar-refractivity contribution in [1.29, 1.82) is 0 Å². The lowest BCUT2D eigenvalue weighted by atomic mass is 10.0. The van der Waals surface area contributed by atoms with E-state index in [1.54, 1.807) is 0 Å². The van der Waals surface area contributed by atoms with Gasteiger partial charge in [-0.2, -0.15) is 0 Å². The van der Waals surface area contributed by atoms with Crippen molar-refractivity contribution >= 4 is 29.5 Å². The van der Waals surface area contributed by atoms with E-state index in [4.69, 9.17) is 22.9 Å². The summed E-state index contributed by atoms with van der Waals surface area (Å²) in [6.45, 7) is 4.26. The number of primary amides is 1. The van der Waals surface area contributed by atoms with E-state index >= 15 is 0 Å². The Hall–Kier alpha value is -3.03. The number of allylic oxidation sites excluding steroid dienone is 2. The summed E-state index contributed by atoms with van der Waals surface area (Å²) in [5.41, 5.74) is 22.3. The summed E-state index contributed by atoms with van der Waals surface area (Å²) in [5, 5.41) is 11.7. The van der Waals surface area contributed by atoms with Crippen LogP contribution >= 0.6 is 0 Å². The van der Waals surface area contributed by atoms with Crippen LogP contribution in [0.1, 0.15) is 180 Å². The van der Waals surface area contributed by atoms with Crippen molar-refractivity contribution in [3.8, 4) is 0 Å². The summed E-state index contributed by atoms with van der Waals surface area (Å²) in [6.07, 6.45) is 27.7. The largest absolute Gasteiger partial charge is 0.368 e. The van der Waals surface area contributed by atoms with E-state index in [1.165, 1.54) is 6.42 Å². The second kappa shape index (κ2) is 37.9. The molecule has 0 fully saturated rings. The molecule has 0 aromatic rings. The predicted molar refractivity (Wildman–Crippen MR) is 225 cm³/mol. The van der Waals surface area contributed by atoms with Gasteiger partial charge in [0, 0.05) is 19.4 Å². The molecular formula is C42H82N8O5. The lowest BCUT2D eigenvalue weighted by Gasteiger charge is -2.23. The van der Waals surface area contributed by atoms with Crippen LogP contribution in [-0.4, -0.2) is 73.8 Å². The highest BCUT2D eigenvalue weighted by atomic mass is 16.2. The fourth-order valence-electron chi connectivity index (χ4n) is 6.45. The summed E-state index contributed by atoms with van der Waals surface area (Å²) in [6, 6.07) is -2.01. The number of carbonyl (C=O) groups is 5. The second-order valence-electron chi connectivity index (χ2n) is 15.0. The molecule has 12 N–H and O–H groups in total. The first kappa shape index (κ1) is 52.0. The van der Waals surface area contributed by atoms with Gasteiger partial charge in [0.1, 0.15) is 18.1 Å². The Labute approximate surface area is 333 Å². The predicted octanol–water partition coefficient (Wildman–Crippen LogP) is 5.03. The summed E-state index contributed by atoms with van der Waals surface area (Å²) in [7, 11) is 0. The molecule has 0 saturated carbocycles. The van der Waals surface area contributed by atoms with E-state index in [9.17, 15) is 24.0 Å². The topological polar surface area (TPSA) is 238 Å². The van der Waals surface area contributed by atoms with E-state index in [0.29, 0.717) is 71.1 Å². The third kappa shape index (κ3) is 31.8. The first-order valence-corrected chi connectivity index (χ1v) is 21.9. The van der Waals surface area contributed by atoms with Crippen molar-refractivity contribution in [3.63, 3.8) is 0 Å². The Morgan fingerprint density at radius 3 is 1.36 bits per heavy atom. The SMILES string of the molecule is CC/C=C/CCCCCCCC(=O)NC(CCCCN)C(=O)NC(CCCCN)C(=O)NCCCCCCCCCCCC(=O)NC(CCCCN)C(N)=O. The number of nitrogens with one attached hydrogen (secondary N) is 4. The summed E-state index contributed by atoms with van der Waals surface area (Å²) < 4.78 is 0. The monoisotopic (exact) mass is 779 g/mol. The lowest BCUT2D eigenvalue weighted by molar-refractivity contribution is -0.132. The van der Waals surface area contributed by atoms with Gasteiger partial charge in [-0.25, -0.2) is 0 Å². The Bertz CT molecular complexity index is 1030. The average molecular weight is 779 g/mol. The minimum absolute atomic E-state index is 0.127. The second-order valence-corrected chi connectivity index (χ2v) is 15.0. The molecular weight excluding hydrogens is 697 g/mol. The van der Waals surface area contributed by atoms with Crippen LogP contribution in [0.4, 0.5) is 0 Å². The molecule has 0 aromatic heterocycles. The van der Waals surface area contributed by atoms with Crippen molar-refractivity contribution in [3.05, 3.63) is 12.2 Å². The molecule has 0 aliphatic carbocycles. The molecule has 320 valence electrons. The molecule has 0 saturated heterocycles. The zero-order valence-electron chi connectivity index (χ0n) is 34.7. The molecule has 0 bridgehead atoms. The van der Waals surface area contributed by atoms with Crippen molar-refractivity contribution in [1.82, 2.24) is 21.3 Å². The Balaban J connectivity index is 4.49. The van der Waals surface area contributed by atoms with Crippen molar-refractivity contribution in [2.24, 2.45) is 22.9 Å². The van der Waals surface area contributed by atoms with Crippen molar-refractivity contribution in [2.75, 3.05) is 26.2 Å². The third-order valence-corrected chi connectivity index (χ3v) is 9.86. The van der Waals surface area contributed by atoms with Crippen LogP contribution in [0.25, 0.3) is 0 Å². The highest BCUT2D eigenvalue weighted by Crippen LogP contribution is 2.12. The van der Waals surface area contributed by atoms with Crippen LogP contribution in [0, 0.1) is 0 Å². The van der Waals surface area contributed by atoms with E-state index in [1.807, 2.05) is 0 Å². The summed E-state index contributed by atoms with van der Waals surface area (Å²) >= 11 is 0. The van der Waals surface area contributed by atoms with Crippen LogP contribution in [0.15, 0.2) is 12.2 Å². The molecule has 0 aromatic carbocycles. The molecule has 3 atom stereocenters. The Kier molecular flexibility index (Phi) is 35.8. The van der Waals surface area contributed by atoms with E-state index in [0.717, 1.165) is 122 Å². The standard InChI is InChI=1S/C42H82N8O5/c1-2-3-4-5-6-8-11-15-18-30-39(52)49-37(28-21-24-33-45)42(55)50-36(27-20-23-32-44)41(54)47-34-25-16-13-10-7-9-12-14-17-29-38(51)48-35(40(46)53)26-19-22-31-43/h3-4,35-37H,2,5-34,43-45H2,1H3,(H2,46,53)(H,47,54)(H,48,51)(H,49,52)(H,50,55)/b4-3+. The van der Waals surface area contributed by atoms with Crippen LogP contribution in [0.2, 0.25) is 0 Å². The third-order valence-electron chi connectivity index (χ3n) is 9.86. The zero-order chi connectivity index (χ0) is 40.8. The first-order valence-electron chi connectivity index (χ1n) is 21.9. The maximum Gasteiger partial charge on any atom is 0.243 e. The molecule has 0 aliphatic heterocycles. The average Bonchev–Trinajstić information content (AvgIpc) is 3.16. The first-order chi connectivity index (χ1) is 26.7. The van der Waals surface area contributed by atoms with Crippen molar-refractivity contribution < 1.29 is 24.0 Å². The maximum absolute atomic E-state index is 13.4. The van der Waals surface area contributed by atoms with Gasteiger partial charge in [0.05, 0.1) is 0 Å². The molecule has 0 heterocycles. The minimum Gasteiger partial charge on any atom is -0.368 e. The van der Waals surface area contributed by atoms with Gasteiger partial charge < -0.3 is 44.2 Å². The highest BCUT2D eigenvalue weighted by molar-refractivity contribution is 5.92. The summed E-state index contributed by atoms with van der Waals surface area (Å²) in [4.78, 5) is 63.2. The van der Waals surface area contributed by atoms with Gasteiger partial charge in [0.15, 0.2) is 0 Å². The maximum atomic E-state index is 13.4. The smallest absolute Gasteiger partial charge is 0.243 e. The normalized spacial score (nSPS) is 12.9. The van der Waals surface area contributed by atoms with E-state index in [-0.39, 0.29) is 23.6 Å². The molecule has 5 amide bonds. The molecule has 3 unspecified atom stereocenters. The van der Waals surface area contributed by atoms with Gasteiger partial charge in [-0.05, 0) is 116 Å². The fourth-order valence-corrected chi connectivity index (χ4v) is 6.45. The van der Waals surface area contributed by atoms with Gasteiger partial charge in [-0.3, -0.25) is 24.0 Å². The highest BCUT2D eigenvalue weighted by Gasteiger charge is 2.26. The lowest BCUT2D eigenvalue weighted by Crippen LogP contribution is -2.53. The molecule has 55 heavy (non-hydrogen) atoms. The Morgan fingerprint density at radius 1 is 0.473 bits per heavy atom. The summed E-state index contributed by atoms with van der Waals surface area (Å²) in [5.74, 6) is -1.29. The number of unbranched alkanes of at least 4 members (excludes halogenated alkanes) is 16. The fraction of sp³-hybridized carbons (Fsp3) is 0.833. The molecule has 13 nitrogen and oxygen atoms in total. The Morgan fingerprint density at radius 2 is 0.891 bits per heavy atom. The molecule has 0 rings (SSSR count). The van der Waals surface area contributed by atoms with Gasteiger partial charge in [0.2, 0.25) is 29.5 Å². The van der Waals surface area contributed by atoms with Crippen LogP contribution in [0.5, 0.6) is 0 Å². The van der Waals surface area contributed by atoms with Gasteiger partial charge in [-0.1, -0.05) is 83.3 Å². The minimum atomic E-state index is -0.702. The van der Waals surface area contributed by atoms with Crippen LogP contribution < -0.4 is 44.2 Å². The molecule has 0 radical (unpaired) electrons. The number of amides is 5. The van der Waals surface area contributed by atoms with Crippen LogP contribution in [-0.2, 0) is 24.0 Å².